The van der Waals surface area contributed by atoms with Crippen LogP contribution in [0.15, 0.2) is 29.4 Å². The van der Waals surface area contributed by atoms with Crippen LogP contribution in [-0.2, 0) is 0 Å². The Morgan fingerprint density at radius 1 is 1.40 bits per heavy atom. The predicted molar refractivity (Wildman–Crippen MR) is 40.4 cm³/mol. The molecular weight excluding hydrogens is 126 g/mol. The Kier molecular flexibility index (Phi) is 2.59. The molecule has 3 heteroatoms. The lowest BCUT2D eigenvalue weighted by Crippen LogP contribution is -1.90. The molecule has 0 unspecified atom stereocenters. The second-order valence-electron chi connectivity index (χ2n) is 2.18. The predicted octanol–water partition coefficient (Wildman–Crippen LogP) is 2.43. The summed E-state index contributed by atoms with van der Waals surface area (Å²) < 4.78 is 0. The zero-order chi connectivity index (χ0) is 7.23. The molecule has 0 saturated heterocycles. The van der Waals surface area contributed by atoms with Crippen molar-refractivity contribution in [3.05, 3.63) is 34.7 Å². The molecule has 1 aliphatic carbocycles. The molecule has 0 spiro atoms. The Morgan fingerprint density at radius 2 is 2.10 bits per heavy atom. The lowest BCUT2D eigenvalue weighted by Gasteiger charge is -1.98. The maximum absolute atomic E-state index is 7.96. The van der Waals surface area contributed by atoms with Gasteiger partial charge in [0.1, 0.15) is 0 Å². The molecule has 0 aromatic rings. The first-order valence-corrected chi connectivity index (χ1v) is 3.29. The molecule has 0 atom stereocenters. The number of allylic oxidation sites excluding steroid dienone is 4. The summed E-state index contributed by atoms with van der Waals surface area (Å²) in [6.07, 6.45) is 9.17. The maximum atomic E-state index is 7.96. The second-order valence-corrected chi connectivity index (χ2v) is 2.18. The molecular formula is C7H9N3. The van der Waals surface area contributed by atoms with Gasteiger partial charge in [0.25, 0.3) is 0 Å². The minimum Gasteiger partial charge on any atom is -0.0939 e. The van der Waals surface area contributed by atoms with Crippen LogP contribution in [0.2, 0.25) is 0 Å². The zero-order valence-corrected chi connectivity index (χ0v) is 5.64. The van der Waals surface area contributed by atoms with Gasteiger partial charge in [0.2, 0.25) is 0 Å². The standard InChI is InChI=1S/C7H9N3/c8-10-9-6-5-7-3-1-2-4-7/h1-4,7H,5-6H2. The summed E-state index contributed by atoms with van der Waals surface area (Å²) in [4.78, 5) is 2.67. The van der Waals surface area contributed by atoms with E-state index in [0.717, 1.165) is 6.42 Å². The molecule has 1 rings (SSSR count). The van der Waals surface area contributed by atoms with Crippen LogP contribution >= 0.6 is 0 Å². The van der Waals surface area contributed by atoms with Crippen LogP contribution in [-0.4, -0.2) is 6.54 Å². The van der Waals surface area contributed by atoms with E-state index in [9.17, 15) is 0 Å². The molecule has 1 aliphatic rings. The largest absolute Gasteiger partial charge is 0.0939 e. The van der Waals surface area contributed by atoms with E-state index in [0.29, 0.717) is 12.5 Å². The average Bonchev–Trinajstić information content (AvgIpc) is 2.41. The van der Waals surface area contributed by atoms with Crippen molar-refractivity contribution in [2.75, 3.05) is 6.54 Å². The van der Waals surface area contributed by atoms with Crippen molar-refractivity contribution in [1.29, 1.82) is 0 Å². The van der Waals surface area contributed by atoms with Gasteiger partial charge >= 0.3 is 0 Å². The highest BCUT2D eigenvalue weighted by Gasteiger charge is 2.00. The van der Waals surface area contributed by atoms with Gasteiger partial charge in [0.15, 0.2) is 0 Å². The molecule has 0 saturated carbocycles. The number of rotatable bonds is 3. The van der Waals surface area contributed by atoms with Crippen molar-refractivity contribution in [2.24, 2.45) is 11.0 Å². The van der Waals surface area contributed by atoms with Crippen molar-refractivity contribution >= 4 is 0 Å². The molecule has 0 aromatic heterocycles. The summed E-state index contributed by atoms with van der Waals surface area (Å²) in [6.45, 7) is 0.593. The van der Waals surface area contributed by atoms with Crippen molar-refractivity contribution in [2.45, 2.75) is 6.42 Å². The first-order chi connectivity index (χ1) is 4.93. The molecule has 0 amide bonds. The third kappa shape index (κ3) is 1.96. The highest BCUT2D eigenvalue weighted by Crippen LogP contribution is 2.12. The summed E-state index contributed by atoms with van der Waals surface area (Å²) in [6, 6.07) is 0. The molecule has 0 bridgehead atoms. The van der Waals surface area contributed by atoms with E-state index >= 15 is 0 Å². The molecule has 10 heavy (non-hydrogen) atoms. The normalized spacial score (nSPS) is 15.6. The number of azide groups is 1. The lowest BCUT2D eigenvalue weighted by atomic mass is 10.1. The van der Waals surface area contributed by atoms with Crippen LogP contribution in [0, 0.1) is 5.92 Å². The highest BCUT2D eigenvalue weighted by molar-refractivity contribution is 5.17. The Hall–Kier alpha value is -1.21. The fourth-order valence-corrected chi connectivity index (χ4v) is 0.922. The summed E-state index contributed by atoms with van der Waals surface area (Å²) in [5.41, 5.74) is 7.96. The summed E-state index contributed by atoms with van der Waals surface area (Å²) in [5, 5.41) is 3.45. The minimum atomic E-state index is 0.491. The van der Waals surface area contributed by atoms with Crippen molar-refractivity contribution in [3.63, 3.8) is 0 Å². The van der Waals surface area contributed by atoms with E-state index in [-0.39, 0.29) is 0 Å². The minimum absolute atomic E-state index is 0.491. The Morgan fingerprint density at radius 3 is 2.70 bits per heavy atom. The maximum Gasteiger partial charge on any atom is 0.0266 e. The van der Waals surface area contributed by atoms with Gasteiger partial charge in [-0.2, -0.15) is 0 Å². The van der Waals surface area contributed by atoms with E-state index in [4.69, 9.17) is 5.53 Å². The summed E-state index contributed by atoms with van der Waals surface area (Å²) >= 11 is 0. The molecule has 0 fully saturated rings. The van der Waals surface area contributed by atoms with Crippen LogP contribution in [0.1, 0.15) is 6.42 Å². The topological polar surface area (TPSA) is 48.8 Å². The Labute approximate surface area is 59.7 Å². The average molecular weight is 135 g/mol. The van der Waals surface area contributed by atoms with Gasteiger partial charge in [-0.1, -0.05) is 29.4 Å². The Balaban J connectivity index is 2.20. The molecule has 0 N–H and O–H groups in total. The van der Waals surface area contributed by atoms with E-state index in [1.165, 1.54) is 0 Å². The van der Waals surface area contributed by atoms with Crippen molar-refractivity contribution in [1.82, 2.24) is 0 Å². The van der Waals surface area contributed by atoms with Gasteiger partial charge in [0, 0.05) is 11.5 Å². The van der Waals surface area contributed by atoms with Crippen LogP contribution in [0.4, 0.5) is 0 Å². The van der Waals surface area contributed by atoms with Crippen LogP contribution in [0.3, 0.4) is 0 Å². The molecule has 0 aliphatic heterocycles. The fraction of sp³-hybridized carbons (Fsp3) is 0.429. The van der Waals surface area contributed by atoms with Crippen LogP contribution < -0.4 is 0 Å². The van der Waals surface area contributed by atoms with Gasteiger partial charge < -0.3 is 0 Å². The van der Waals surface area contributed by atoms with Crippen LogP contribution in [0.5, 0.6) is 0 Å². The monoisotopic (exact) mass is 135 g/mol. The number of hydrogen-bond donors (Lipinski definition) is 0. The van der Waals surface area contributed by atoms with Crippen LogP contribution in [0.25, 0.3) is 10.4 Å². The van der Waals surface area contributed by atoms with Gasteiger partial charge in [-0.3, -0.25) is 0 Å². The first-order valence-electron chi connectivity index (χ1n) is 3.29. The van der Waals surface area contributed by atoms with E-state index < -0.39 is 0 Å². The molecule has 3 nitrogen and oxygen atoms in total. The van der Waals surface area contributed by atoms with E-state index in [2.05, 4.69) is 22.2 Å². The molecule has 0 radical (unpaired) electrons. The molecule has 52 valence electrons. The Bertz CT molecular complexity index is 187. The van der Waals surface area contributed by atoms with Gasteiger partial charge in [-0.15, -0.1) is 0 Å². The number of nitrogens with zero attached hydrogens (tertiary/aromatic N) is 3. The number of hydrogen-bond acceptors (Lipinski definition) is 1. The summed E-state index contributed by atoms with van der Waals surface area (Å²) in [5.74, 6) is 0.491. The van der Waals surface area contributed by atoms with Gasteiger partial charge in [0.05, 0.1) is 0 Å². The van der Waals surface area contributed by atoms with Crippen molar-refractivity contribution < 1.29 is 0 Å². The lowest BCUT2D eigenvalue weighted by molar-refractivity contribution is 0.725. The van der Waals surface area contributed by atoms with E-state index in [1.807, 2.05) is 12.2 Å². The first kappa shape index (κ1) is 6.90. The second kappa shape index (κ2) is 3.75. The third-order valence-corrected chi connectivity index (χ3v) is 1.45. The smallest absolute Gasteiger partial charge is 0.0266 e. The highest BCUT2D eigenvalue weighted by atomic mass is 15.1. The third-order valence-electron chi connectivity index (χ3n) is 1.45. The molecule has 0 heterocycles. The van der Waals surface area contributed by atoms with E-state index in [1.54, 1.807) is 0 Å². The SMILES string of the molecule is [N-]=[N+]=NCCC1C=CC=C1. The quantitative estimate of drug-likeness (QED) is 0.324. The van der Waals surface area contributed by atoms with Crippen molar-refractivity contribution in [3.8, 4) is 0 Å². The summed E-state index contributed by atoms with van der Waals surface area (Å²) in [7, 11) is 0. The van der Waals surface area contributed by atoms with Gasteiger partial charge in [-0.25, -0.2) is 0 Å². The van der Waals surface area contributed by atoms with Gasteiger partial charge in [-0.05, 0) is 17.9 Å². The zero-order valence-electron chi connectivity index (χ0n) is 5.64. The fourth-order valence-electron chi connectivity index (χ4n) is 0.922. The molecule has 0 aromatic carbocycles.